The Balaban J connectivity index is 3.91. The van der Waals surface area contributed by atoms with Crippen LogP contribution in [0, 0.1) is 5.92 Å². The van der Waals surface area contributed by atoms with Crippen molar-refractivity contribution < 1.29 is 14.6 Å². The minimum atomic E-state index is -1.21. The molecule has 104 valence electrons. The minimum Gasteiger partial charge on any atom is -0.450 e. The molecule has 0 aliphatic rings. The predicted octanol–water partition coefficient (Wildman–Crippen LogP) is 4.79. The molecule has 0 aromatic rings. The molecule has 0 radical (unpaired) electrons. The Kier molecular flexibility index (Phi) is 9.07. The van der Waals surface area contributed by atoms with Gasteiger partial charge in [-0.25, -0.2) is 4.79 Å². The largest absolute Gasteiger partial charge is 0.506 e. The van der Waals surface area contributed by atoms with E-state index < -0.39 is 6.16 Å². The number of hydrogen-bond acceptors (Lipinski definition) is 2. The summed E-state index contributed by atoms with van der Waals surface area (Å²) in [5.74, 6) is 0.610. The van der Waals surface area contributed by atoms with Crippen LogP contribution in [0.3, 0.4) is 0 Å². The van der Waals surface area contributed by atoms with E-state index in [0.717, 1.165) is 19.3 Å². The molecule has 0 aliphatic carbocycles. The topological polar surface area (TPSA) is 46.5 Å². The van der Waals surface area contributed by atoms with Crippen LogP contribution in [0.2, 0.25) is 0 Å². The lowest BCUT2D eigenvalue weighted by Gasteiger charge is -2.10. The minimum absolute atomic E-state index is 0.313. The molecule has 0 saturated heterocycles. The molecule has 1 N–H and O–H groups in total. The van der Waals surface area contributed by atoms with Crippen molar-refractivity contribution in [3.8, 4) is 0 Å². The SMILES string of the molecule is CC[C@H](/C=C/C[C@H](C)CCC=C(C)C)OC(=O)O. The average Bonchev–Trinajstić information content (AvgIpc) is 2.26. The second-order valence-electron chi connectivity index (χ2n) is 4.96. The molecule has 0 spiro atoms. The van der Waals surface area contributed by atoms with Crippen LogP contribution >= 0.6 is 0 Å². The van der Waals surface area contributed by atoms with Gasteiger partial charge < -0.3 is 9.84 Å². The molecule has 0 heterocycles. The summed E-state index contributed by atoms with van der Waals surface area (Å²) < 4.78 is 4.71. The Bertz CT molecular complexity index is 288. The van der Waals surface area contributed by atoms with Gasteiger partial charge in [0.25, 0.3) is 0 Å². The van der Waals surface area contributed by atoms with E-state index in [1.165, 1.54) is 5.57 Å². The van der Waals surface area contributed by atoms with Crippen molar-refractivity contribution in [1.82, 2.24) is 0 Å². The first kappa shape index (κ1) is 16.8. The third-order valence-corrected chi connectivity index (χ3v) is 2.76. The van der Waals surface area contributed by atoms with Gasteiger partial charge in [-0.15, -0.1) is 0 Å². The van der Waals surface area contributed by atoms with E-state index in [1.54, 1.807) is 0 Å². The van der Waals surface area contributed by atoms with Crippen molar-refractivity contribution in [3.63, 3.8) is 0 Å². The van der Waals surface area contributed by atoms with E-state index in [2.05, 4.69) is 26.8 Å². The molecule has 0 saturated carbocycles. The third-order valence-electron chi connectivity index (χ3n) is 2.76. The summed E-state index contributed by atoms with van der Waals surface area (Å²) in [4.78, 5) is 10.4. The first-order valence-corrected chi connectivity index (χ1v) is 6.65. The van der Waals surface area contributed by atoms with E-state index >= 15 is 0 Å². The van der Waals surface area contributed by atoms with Crippen molar-refractivity contribution in [2.45, 2.75) is 59.5 Å². The smallest absolute Gasteiger partial charge is 0.450 e. The highest BCUT2D eigenvalue weighted by Gasteiger charge is 2.07. The maximum Gasteiger partial charge on any atom is 0.506 e. The number of ether oxygens (including phenoxy) is 1. The van der Waals surface area contributed by atoms with Crippen LogP contribution in [0.15, 0.2) is 23.8 Å². The zero-order valence-corrected chi connectivity index (χ0v) is 12.0. The number of carbonyl (C=O) groups is 1. The fraction of sp³-hybridized carbons (Fsp3) is 0.667. The normalized spacial score (nSPS) is 14.2. The molecule has 0 rings (SSSR count). The molecule has 0 aliphatic heterocycles. The molecule has 0 amide bonds. The Labute approximate surface area is 111 Å². The Hall–Kier alpha value is -1.25. The van der Waals surface area contributed by atoms with Gasteiger partial charge >= 0.3 is 6.16 Å². The Morgan fingerprint density at radius 1 is 1.39 bits per heavy atom. The summed E-state index contributed by atoms with van der Waals surface area (Å²) in [5, 5.41) is 8.53. The van der Waals surface area contributed by atoms with Crippen LogP contribution in [0.5, 0.6) is 0 Å². The summed E-state index contributed by atoms with van der Waals surface area (Å²) >= 11 is 0. The van der Waals surface area contributed by atoms with Gasteiger partial charge in [0, 0.05) is 0 Å². The molecule has 0 aromatic heterocycles. The van der Waals surface area contributed by atoms with Crippen molar-refractivity contribution in [2.24, 2.45) is 5.92 Å². The Morgan fingerprint density at radius 2 is 2.06 bits per heavy atom. The fourth-order valence-electron chi connectivity index (χ4n) is 1.63. The molecule has 0 bridgehead atoms. The molecule has 2 atom stereocenters. The highest BCUT2D eigenvalue weighted by atomic mass is 16.7. The fourth-order valence-corrected chi connectivity index (χ4v) is 1.63. The first-order chi connectivity index (χ1) is 8.45. The molecule has 3 heteroatoms. The van der Waals surface area contributed by atoms with Gasteiger partial charge in [-0.3, -0.25) is 0 Å². The van der Waals surface area contributed by atoms with Crippen LogP contribution in [-0.4, -0.2) is 17.4 Å². The van der Waals surface area contributed by atoms with Crippen molar-refractivity contribution in [3.05, 3.63) is 23.8 Å². The number of hydrogen-bond donors (Lipinski definition) is 1. The van der Waals surface area contributed by atoms with Crippen LogP contribution in [-0.2, 0) is 4.74 Å². The molecule has 0 unspecified atom stereocenters. The van der Waals surface area contributed by atoms with Crippen molar-refractivity contribution in [1.29, 1.82) is 0 Å². The van der Waals surface area contributed by atoms with Crippen molar-refractivity contribution >= 4 is 6.16 Å². The highest BCUT2D eigenvalue weighted by molar-refractivity contribution is 5.57. The number of allylic oxidation sites excluding steroid dienone is 3. The third kappa shape index (κ3) is 9.94. The lowest BCUT2D eigenvalue weighted by molar-refractivity contribution is 0.0678. The summed E-state index contributed by atoms with van der Waals surface area (Å²) in [5.41, 5.74) is 1.36. The second kappa shape index (κ2) is 9.75. The van der Waals surface area contributed by atoms with E-state index in [-0.39, 0.29) is 6.10 Å². The van der Waals surface area contributed by atoms with Gasteiger partial charge in [0.2, 0.25) is 0 Å². The Morgan fingerprint density at radius 3 is 2.56 bits per heavy atom. The summed E-state index contributed by atoms with van der Waals surface area (Å²) in [6, 6.07) is 0. The number of carboxylic acid groups (broad SMARTS) is 1. The average molecular weight is 254 g/mol. The van der Waals surface area contributed by atoms with Gasteiger partial charge in [-0.05, 0) is 51.5 Å². The van der Waals surface area contributed by atoms with Crippen LogP contribution in [0.1, 0.15) is 53.4 Å². The van der Waals surface area contributed by atoms with Crippen LogP contribution in [0.25, 0.3) is 0 Å². The first-order valence-electron chi connectivity index (χ1n) is 6.65. The maximum absolute atomic E-state index is 10.4. The zero-order valence-electron chi connectivity index (χ0n) is 12.0. The van der Waals surface area contributed by atoms with E-state index in [4.69, 9.17) is 9.84 Å². The lowest BCUT2D eigenvalue weighted by Crippen LogP contribution is -2.12. The molecule has 18 heavy (non-hydrogen) atoms. The van der Waals surface area contributed by atoms with Crippen molar-refractivity contribution in [2.75, 3.05) is 0 Å². The summed E-state index contributed by atoms with van der Waals surface area (Å²) in [6.07, 6.45) is 8.53. The number of rotatable bonds is 8. The lowest BCUT2D eigenvalue weighted by atomic mass is 10.0. The molecule has 0 aromatic carbocycles. The van der Waals surface area contributed by atoms with Crippen LogP contribution < -0.4 is 0 Å². The van der Waals surface area contributed by atoms with Gasteiger partial charge in [0.05, 0.1) is 0 Å². The van der Waals surface area contributed by atoms with Gasteiger partial charge in [-0.2, -0.15) is 0 Å². The monoisotopic (exact) mass is 254 g/mol. The van der Waals surface area contributed by atoms with E-state index in [0.29, 0.717) is 12.3 Å². The zero-order chi connectivity index (χ0) is 14.0. The second-order valence-corrected chi connectivity index (χ2v) is 4.96. The van der Waals surface area contributed by atoms with Gasteiger partial charge in [-0.1, -0.05) is 31.6 Å². The molecular formula is C15H26O3. The van der Waals surface area contributed by atoms with E-state index in [9.17, 15) is 4.79 Å². The van der Waals surface area contributed by atoms with Gasteiger partial charge in [0.1, 0.15) is 6.10 Å². The maximum atomic E-state index is 10.4. The van der Waals surface area contributed by atoms with E-state index in [1.807, 2.05) is 19.1 Å². The van der Waals surface area contributed by atoms with Crippen LogP contribution in [0.4, 0.5) is 4.79 Å². The quantitative estimate of drug-likeness (QED) is 0.500. The molecule has 0 fully saturated rings. The predicted molar refractivity (Wildman–Crippen MR) is 74.8 cm³/mol. The molecule has 3 nitrogen and oxygen atoms in total. The highest BCUT2D eigenvalue weighted by Crippen LogP contribution is 2.13. The van der Waals surface area contributed by atoms with Gasteiger partial charge in [0.15, 0.2) is 0 Å². The summed E-state index contributed by atoms with van der Waals surface area (Å²) in [6.45, 7) is 8.34. The standard InChI is InChI=1S/C15H26O3/c1-5-14(18-15(16)17)11-7-10-13(4)9-6-8-12(2)3/h7-8,11,13-14H,5-6,9-10H2,1-4H3,(H,16,17)/b11-7+/t13-,14-/m1/s1. The molecular weight excluding hydrogens is 228 g/mol. The summed E-state index contributed by atoms with van der Waals surface area (Å²) in [7, 11) is 0.